The number of thiophene rings is 1. The lowest BCUT2D eigenvalue weighted by molar-refractivity contribution is 0.815. The molecule has 0 aliphatic heterocycles. The largest absolute Gasteiger partial charge is 0.210 e. The smallest absolute Gasteiger partial charge is 0.119 e. The summed E-state index contributed by atoms with van der Waals surface area (Å²) >= 11 is 1.65. The van der Waals surface area contributed by atoms with Crippen LogP contribution in [0, 0.1) is 0 Å². The average molecular weight is 227 g/mol. The Balaban J connectivity index is 2.00. The van der Waals surface area contributed by atoms with Gasteiger partial charge in [0.2, 0.25) is 0 Å². The van der Waals surface area contributed by atoms with Crippen molar-refractivity contribution in [2.75, 3.05) is 0 Å². The van der Waals surface area contributed by atoms with Gasteiger partial charge in [0.25, 0.3) is 0 Å². The molecule has 0 fully saturated rings. The fraction of sp³-hybridized carbons (Fsp3) is 0. The Labute approximate surface area is 97.0 Å². The third-order valence-electron chi connectivity index (χ3n) is 2.29. The summed E-state index contributed by atoms with van der Waals surface area (Å²) in [6.07, 6.45) is 1.95. The first-order valence-corrected chi connectivity index (χ1v) is 5.83. The topological polar surface area (TPSA) is 30.7 Å². The van der Waals surface area contributed by atoms with Crippen LogP contribution >= 0.6 is 11.3 Å². The van der Waals surface area contributed by atoms with Gasteiger partial charge in [0.1, 0.15) is 10.7 Å². The van der Waals surface area contributed by atoms with Crippen LogP contribution in [0.3, 0.4) is 0 Å². The molecular weight excluding hydrogens is 218 g/mol. The Morgan fingerprint density at radius 3 is 2.62 bits per heavy atom. The van der Waals surface area contributed by atoms with E-state index in [0.717, 1.165) is 16.3 Å². The zero-order valence-corrected chi connectivity index (χ0v) is 9.26. The first-order valence-electron chi connectivity index (χ1n) is 4.95. The molecule has 3 aromatic rings. The lowest BCUT2D eigenvalue weighted by Crippen LogP contribution is -1.89. The molecule has 3 nitrogen and oxygen atoms in total. The summed E-state index contributed by atoms with van der Waals surface area (Å²) in [4.78, 5) is 0. The van der Waals surface area contributed by atoms with Gasteiger partial charge in [-0.3, -0.25) is 0 Å². The zero-order chi connectivity index (χ0) is 10.8. The second-order valence-electron chi connectivity index (χ2n) is 3.37. The van der Waals surface area contributed by atoms with E-state index < -0.39 is 0 Å². The van der Waals surface area contributed by atoms with E-state index in [1.807, 2.05) is 54.0 Å². The summed E-state index contributed by atoms with van der Waals surface area (Å²) in [6.45, 7) is 0. The molecule has 3 rings (SSSR count). The van der Waals surface area contributed by atoms with Crippen molar-refractivity contribution in [1.82, 2.24) is 15.0 Å². The molecule has 2 heterocycles. The Kier molecular flexibility index (Phi) is 2.27. The lowest BCUT2D eigenvalue weighted by Gasteiger charge is -1.93. The number of hydrogen-bond acceptors (Lipinski definition) is 3. The van der Waals surface area contributed by atoms with Crippen molar-refractivity contribution in [2.45, 2.75) is 0 Å². The molecule has 0 amide bonds. The third kappa shape index (κ3) is 1.63. The minimum Gasteiger partial charge on any atom is -0.210 e. The summed E-state index contributed by atoms with van der Waals surface area (Å²) in [5, 5.41) is 11.4. The predicted octanol–water partition coefficient (Wildman–Crippen LogP) is 3.00. The highest BCUT2D eigenvalue weighted by atomic mass is 32.1. The molecule has 2 aromatic heterocycles. The van der Waals surface area contributed by atoms with Crippen molar-refractivity contribution in [3.05, 3.63) is 54.0 Å². The maximum absolute atomic E-state index is 4.16. The van der Waals surface area contributed by atoms with E-state index in [1.54, 1.807) is 16.0 Å². The summed E-state index contributed by atoms with van der Waals surface area (Å²) in [5.41, 5.74) is 1.99. The van der Waals surface area contributed by atoms with E-state index in [4.69, 9.17) is 0 Å². The summed E-state index contributed by atoms with van der Waals surface area (Å²) in [7, 11) is 0. The highest BCUT2D eigenvalue weighted by molar-refractivity contribution is 7.12. The van der Waals surface area contributed by atoms with Crippen LogP contribution in [0.15, 0.2) is 54.0 Å². The van der Waals surface area contributed by atoms with Crippen LogP contribution in [0.5, 0.6) is 0 Å². The van der Waals surface area contributed by atoms with Crippen LogP contribution < -0.4 is 0 Å². The number of benzene rings is 1. The molecule has 0 aliphatic rings. The van der Waals surface area contributed by atoms with Crippen LogP contribution in [-0.2, 0) is 0 Å². The number of hydrogen-bond donors (Lipinski definition) is 0. The normalized spacial score (nSPS) is 10.5. The Hall–Kier alpha value is -1.94. The quantitative estimate of drug-likeness (QED) is 0.673. The van der Waals surface area contributed by atoms with Gasteiger partial charge in [0.05, 0.1) is 6.20 Å². The van der Waals surface area contributed by atoms with E-state index >= 15 is 0 Å². The minimum atomic E-state index is 0.897. The van der Waals surface area contributed by atoms with Crippen molar-refractivity contribution >= 4 is 11.3 Å². The van der Waals surface area contributed by atoms with Crippen molar-refractivity contribution in [2.24, 2.45) is 0 Å². The molecule has 16 heavy (non-hydrogen) atoms. The second-order valence-corrected chi connectivity index (χ2v) is 4.29. The molecule has 0 aliphatic carbocycles. The van der Waals surface area contributed by atoms with E-state index in [1.165, 1.54) is 0 Å². The second kappa shape index (κ2) is 3.90. The van der Waals surface area contributed by atoms with E-state index in [0.29, 0.717) is 0 Å². The molecular formula is C12H9N3S. The van der Waals surface area contributed by atoms with Gasteiger partial charge in [0, 0.05) is 5.56 Å². The molecule has 0 radical (unpaired) electrons. The SMILES string of the molecule is c1ccc(-c2cn(-c3cccs3)nn2)cc1. The van der Waals surface area contributed by atoms with Gasteiger partial charge in [-0.1, -0.05) is 35.5 Å². The Bertz CT molecular complexity index is 569. The van der Waals surface area contributed by atoms with Crippen molar-refractivity contribution in [3.63, 3.8) is 0 Å². The van der Waals surface area contributed by atoms with Gasteiger partial charge in [0.15, 0.2) is 0 Å². The van der Waals surface area contributed by atoms with Crippen LogP contribution in [-0.4, -0.2) is 15.0 Å². The molecule has 0 saturated carbocycles. The van der Waals surface area contributed by atoms with Gasteiger partial charge in [-0.25, -0.2) is 4.68 Å². The maximum atomic E-state index is 4.16. The van der Waals surface area contributed by atoms with Gasteiger partial charge in [-0.05, 0) is 17.5 Å². The lowest BCUT2D eigenvalue weighted by atomic mass is 10.2. The van der Waals surface area contributed by atoms with E-state index in [-0.39, 0.29) is 0 Å². The first kappa shape index (κ1) is 9.30. The predicted molar refractivity (Wildman–Crippen MR) is 64.7 cm³/mol. The molecule has 0 bridgehead atoms. The van der Waals surface area contributed by atoms with Crippen LogP contribution in [0.1, 0.15) is 0 Å². The first-order chi connectivity index (χ1) is 7.93. The highest BCUT2D eigenvalue weighted by Gasteiger charge is 2.04. The zero-order valence-electron chi connectivity index (χ0n) is 8.45. The molecule has 4 heteroatoms. The molecule has 78 valence electrons. The van der Waals surface area contributed by atoms with Crippen LogP contribution in [0.25, 0.3) is 16.3 Å². The Morgan fingerprint density at radius 1 is 1.00 bits per heavy atom. The molecule has 0 saturated heterocycles. The maximum Gasteiger partial charge on any atom is 0.119 e. The molecule has 0 N–H and O–H groups in total. The average Bonchev–Trinajstić information content (AvgIpc) is 3.01. The third-order valence-corrected chi connectivity index (χ3v) is 3.15. The van der Waals surface area contributed by atoms with Crippen LogP contribution in [0.2, 0.25) is 0 Å². The van der Waals surface area contributed by atoms with Gasteiger partial charge in [-0.15, -0.1) is 16.4 Å². The van der Waals surface area contributed by atoms with Gasteiger partial charge < -0.3 is 0 Å². The van der Waals surface area contributed by atoms with E-state index in [2.05, 4.69) is 10.3 Å². The fourth-order valence-corrected chi connectivity index (χ4v) is 2.16. The molecule has 0 unspecified atom stereocenters. The summed E-state index contributed by atoms with van der Waals surface area (Å²) in [6, 6.07) is 14.1. The molecule has 1 aromatic carbocycles. The van der Waals surface area contributed by atoms with Gasteiger partial charge in [-0.2, -0.15) is 0 Å². The number of aromatic nitrogens is 3. The van der Waals surface area contributed by atoms with Crippen LogP contribution in [0.4, 0.5) is 0 Å². The standard InChI is InChI=1S/C12H9N3S/c1-2-5-10(6-3-1)11-9-15(14-13-11)12-7-4-8-16-12/h1-9H. The van der Waals surface area contributed by atoms with Crippen molar-refractivity contribution < 1.29 is 0 Å². The Morgan fingerprint density at radius 2 is 1.88 bits per heavy atom. The van der Waals surface area contributed by atoms with E-state index in [9.17, 15) is 0 Å². The monoisotopic (exact) mass is 227 g/mol. The van der Waals surface area contributed by atoms with Crippen molar-refractivity contribution in [1.29, 1.82) is 0 Å². The molecule has 0 spiro atoms. The number of rotatable bonds is 2. The highest BCUT2D eigenvalue weighted by Crippen LogP contribution is 2.19. The fourth-order valence-electron chi connectivity index (χ4n) is 1.51. The number of nitrogens with zero attached hydrogens (tertiary/aromatic N) is 3. The summed E-state index contributed by atoms with van der Waals surface area (Å²) < 4.78 is 1.80. The summed E-state index contributed by atoms with van der Waals surface area (Å²) in [5.74, 6) is 0. The van der Waals surface area contributed by atoms with Crippen molar-refractivity contribution in [3.8, 4) is 16.3 Å². The molecule has 0 atom stereocenters. The van der Waals surface area contributed by atoms with Gasteiger partial charge >= 0.3 is 0 Å². The minimum absolute atomic E-state index is 0.897.